The van der Waals surface area contributed by atoms with E-state index in [-0.39, 0.29) is 36.6 Å². The zero-order valence-electron chi connectivity index (χ0n) is 11.7. The van der Waals surface area contributed by atoms with Crippen LogP contribution < -0.4 is 5.32 Å². The topological polar surface area (TPSA) is 104 Å². The summed E-state index contributed by atoms with van der Waals surface area (Å²) in [5.74, 6) is -0.290. The van der Waals surface area contributed by atoms with Gasteiger partial charge in [0.2, 0.25) is 15.9 Å². The highest BCUT2D eigenvalue weighted by Crippen LogP contribution is 2.24. The summed E-state index contributed by atoms with van der Waals surface area (Å²) in [7, 11) is -3.76. The quantitative estimate of drug-likeness (QED) is 0.771. The van der Waals surface area contributed by atoms with Gasteiger partial charge in [-0.25, -0.2) is 8.42 Å². The Morgan fingerprint density at radius 1 is 1.52 bits per heavy atom. The van der Waals surface area contributed by atoms with Gasteiger partial charge in [0.05, 0.1) is 25.1 Å². The van der Waals surface area contributed by atoms with Crippen molar-refractivity contribution in [3.05, 3.63) is 11.9 Å². The van der Waals surface area contributed by atoms with Crippen LogP contribution in [0.25, 0.3) is 0 Å². The minimum absolute atomic E-state index is 0.0781. The molecule has 2 aliphatic rings. The van der Waals surface area contributed by atoms with Gasteiger partial charge in [0.1, 0.15) is 10.9 Å². The third-order valence-corrected chi connectivity index (χ3v) is 5.70. The first-order valence-electron chi connectivity index (χ1n) is 6.90. The molecule has 0 radical (unpaired) electrons. The number of amides is 1. The number of nitrogens with one attached hydrogen (secondary N) is 2. The monoisotopic (exact) mass is 314 g/mol. The molecule has 116 valence electrons. The lowest BCUT2D eigenvalue weighted by Gasteiger charge is -2.33. The molecule has 1 aromatic heterocycles. The van der Waals surface area contributed by atoms with Gasteiger partial charge in [0.15, 0.2) is 0 Å². The number of hydrogen-bond acceptors (Lipinski definition) is 5. The lowest BCUT2D eigenvalue weighted by molar-refractivity contribution is -0.129. The van der Waals surface area contributed by atoms with E-state index in [1.54, 1.807) is 6.92 Å². The Morgan fingerprint density at radius 3 is 2.90 bits per heavy atom. The van der Waals surface area contributed by atoms with Gasteiger partial charge >= 0.3 is 0 Å². The average molecular weight is 314 g/mol. The molecular weight excluding hydrogens is 296 g/mol. The maximum atomic E-state index is 12.7. The second-order valence-corrected chi connectivity index (χ2v) is 7.21. The van der Waals surface area contributed by atoms with Crippen LogP contribution >= 0.6 is 0 Å². The van der Waals surface area contributed by atoms with Crippen LogP contribution in [0.5, 0.6) is 0 Å². The van der Waals surface area contributed by atoms with Gasteiger partial charge in [-0.2, -0.15) is 9.40 Å². The molecule has 21 heavy (non-hydrogen) atoms. The first-order chi connectivity index (χ1) is 10.00. The van der Waals surface area contributed by atoms with Gasteiger partial charge < -0.3 is 10.1 Å². The summed E-state index contributed by atoms with van der Waals surface area (Å²) in [5.41, 5.74) is 0.461. The molecule has 1 amide bonds. The number of hydrogen-bond donors (Lipinski definition) is 2. The summed E-state index contributed by atoms with van der Waals surface area (Å²) in [6.07, 6.45) is 3.18. The van der Waals surface area contributed by atoms with Crippen molar-refractivity contribution in [3.63, 3.8) is 0 Å². The van der Waals surface area contributed by atoms with Crippen LogP contribution in [-0.4, -0.2) is 60.7 Å². The Bertz CT molecular complexity index is 637. The number of ether oxygens (including phenoxy) is 1. The molecule has 0 spiro atoms. The molecule has 1 atom stereocenters. The van der Waals surface area contributed by atoms with Gasteiger partial charge in [0.25, 0.3) is 0 Å². The normalized spacial score (nSPS) is 24.0. The molecule has 0 bridgehead atoms. The smallest absolute Gasteiger partial charge is 0.247 e. The second-order valence-electron chi connectivity index (χ2n) is 5.35. The maximum Gasteiger partial charge on any atom is 0.247 e. The van der Waals surface area contributed by atoms with Crippen LogP contribution in [0.15, 0.2) is 11.1 Å². The fraction of sp³-hybridized carbons (Fsp3) is 0.667. The van der Waals surface area contributed by atoms with Crippen LogP contribution in [0.2, 0.25) is 0 Å². The number of H-pyrrole nitrogens is 1. The van der Waals surface area contributed by atoms with E-state index in [2.05, 4.69) is 15.5 Å². The number of morpholine rings is 1. The van der Waals surface area contributed by atoms with Gasteiger partial charge in [-0.15, -0.1) is 0 Å². The Hall–Kier alpha value is -1.45. The van der Waals surface area contributed by atoms with Crippen molar-refractivity contribution >= 4 is 15.9 Å². The summed E-state index contributed by atoms with van der Waals surface area (Å²) in [5, 5.41) is 9.20. The number of sulfonamides is 1. The van der Waals surface area contributed by atoms with Crippen LogP contribution in [0.4, 0.5) is 0 Å². The fourth-order valence-corrected chi connectivity index (χ4v) is 4.01. The Labute approximate surface area is 122 Å². The van der Waals surface area contributed by atoms with Crippen molar-refractivity contribution in [2.24, 2.45) is 0 Å². The minimum atomic E-state index is -3.76. The number of nitrogens with zero attached hydrogens (tertiary/aromatic N) is 2. The van der Waals surface area contributed by atoms with E-state index in [0.29, 0.717) is 5.69 Å². The lowest BCUT2D eigenvalue weighted by atomic mass is 10.2. The zero-order chi connectivity index (χ0) is 15.0. The van der Waals surface area contributed by atoms with Crippen molar-refractivity contribution in [3.8, 4) is 0 Å². The van der Waals surface area contributed by atoms with E-state index in [1.165, 1.54) is 10.5 Å². The molecule has 9 heteroatoms. The minimum Gasteiger partial charge on any atom is -0.378 e. The molecule has 0 aromatic carbocycles. The molecule has 1 saturated carbocycles. The first-order valence-corrected chi connectivity index (χ1v) is 8.34. The van der Waals surface area contributed by atoms with Crippen molar-refractivity contribution in [2.45, 2.75) is 36.7 Å². The standard InChI is InChI=1S/C12H18N4O4S/c1-8-11(6-13-15-8)21(18,19)16-4-5-20-7-10(16)12(17)14-9-2-3-9/h6,9-10H,2-5,7H2,1H3,(H,13,15)(H,14,17). The van der Waals surface area contributed by atoms with Crippen LogP contribution in [0.1, 0.15) is 18.5 Å². The zero-order valence-corrected chi connectivity index (χ0v) is 12.5. The number of rotatable bonds is 4. The van der Waals surface area contributed by atoms with Crippen molar-refractivity contribution in [1.82, 2.24) is 19.8 Å². The summed E-state index contributed by atoms with van der Waals surface area (Å²) < 4.78 is 31.9. The third kappa shape index (κ3) is 2.81. The van der Waals surface area contributed by atoms with Crippen molar-refractivity contribution in [1.29, 1.82) is 0 Å². The van der Waals surface area contributed by atoms with Crippen molar-refractivity contribution in [2.75, 3.05) is 19.8 Å². The van der Waals surface area contributed by atoms with Crippen LogP contribution in [0.3, 0.4) is 0 Å². The number of aromatic amines is 1. The molecule has 1 aliphatic heterocycles. The van der Waals surface area contributed by atoms with E-state index in [1.807, 2.05) is 0 Å². The largest absolute Gasteiger partial charge is 0.378 e. The van der Waals surface area contributed by atoms with E-state index >= 15 is 0 Å². The Balaban J connectivity index is 1.86. The Morgan fingerprint density at radius 2 is 2.29 bits per heavy atom. The molecule has 3 rings (SSSR count). The SMILES string of the molecule is Cc1[nH]ncc1S(=O)(=O)N1CCOCC1C(=O)NC1CC1. The van der Waals surface area contributed by atoms with Crippen LogP contribution in [0, 0.1) is 6.92 Å². The van der Waals surface area contributed by atoms with Gasteiger partial charge in [-0.1, -0.05) is 0 Å². The molecule has 2 fully saturated rings. The third-order valence-electron chi connectivity index (χ3n) is 3.68. The molecule has 1 saturated heterocycles. The predicted octanol–water partition coefficient (Wildman–Crippen LogP) is -0.614. The van der Waals surface area contributed by atoms with Gasteiger partial charge in [-0.05, 0) is 19.8 Å². The fourth-order valence-electron chi connectivity index (χ4n) is 2.33. The van der Waals surface area contributed by atoms with Crippen molar-refractivity contribution < 1.29 is 17.9 Å². The summed E-state index contributed by atoms with van der Waals surface area (Å²) in [4.78, 5) is 12.3. The second kappa shape index (κ2) is 5.39. The molecule has 1 aliphatic carbocycles. The Kier molecular flexibility index (Phi) is 3.72. The van der Waals surface area contributed by atoms with E-state index in [4.69, 9.17) is 4.74 Å². The van der Waals surface area contributed by atoms with Crippen LogP contribution in [-0.2, 0) is 19.6 Å². The lowest BCUT2D eigenvalue weighted by Crippen LogP contribution is -2.56. The summed E-state index contributed by atoms with van der Waals surface area (Å²) >= 11 is 0. The number of aryl methyl sites for hydroxylation is 1. The summed E-state index contributed by atoms with van der Waals surface area (Å²) in [6.45, 7) is 2.16. The molecular formula is C12H18N4O4S. The maximum absolute atomic E-state index is 12.7. The average Bonchev–Trinajstić information content (AvgIpc) is 3.16. The van der Waals surface area contributed by atoms with E-state index in [0.717, 1.165) is 12.8 Å². The summed E-state index contributed by atoms with van der Waals surface area (Å²) in [6, 6.07) is -0.640. The molecule has 2 heterocycles. The number of carbonyl (C=O) groups excluding carboxylic acids is 1. The molecule has 1 unspecified atom stereocenters. The molecule has 1 aromatic rings. The van der Waals surface area contributed by atoms with Gasteiger partial charge in [0, 0.05) is 12.6 Å². The van der Waals surface area contributed by atoms with E-state index in [9.17, 15) is 13.2 Å². The van der Waals surface area contributed by atoms with E-state index < -0.39 is 16.1 Å². The highest BCUT2D eigenvalue weighted by atomic mass is 32.2. The predicted molar refractivity (Wildman–Crippen MR) is 73.0 cm³/mol. The van der Waals surface area contributed by atoms with Gasteiger partial charge in [-0.3, -0.25) is 9.89 Å². The number of aromatic nitrogens is 2. The molecule has 2 N–H and O–H groups in total. The molecule has 8 nitrogen and oxygen atoms in total. The highest BCUT2D eigenvalue weighted by molar-refractivity contribution is 7.89. The first kappa shape index (κ1) is 14.5. The number of carbonyl (C=O) groups is 1. The highest BCUT2D eigenvalue weighted by Gasteiger charge is 2.40.